The van der Waals surface area contributed by atoms with Crippen LogP contribution in [0.25, 0.3) is 5.69 Å². The first-order valence-electron chi connectivity index (χ1n) is 6.03. The normalized spacial score (nSPS) is 10.7. The van der Waals surface area contributed by atoms with Crippen LogP contribution in [-0.4, -0.2) is 10.4 Å². The Balaban J connectivity index is 2.86. The largest absolute Gasteiger partial charge is 0.294 e. The summed E-state index contributed by atoms with van der Waals surface area (Å²) in [5.74, 6) is -0.665. The molecule has 0 unspecified atom stereocenters. The number of hydrogen-bond donors (Lipinski definition) is 0. The summed E-state index contributed by atoms with van der Waals surface area (Å²) < 4.78 is 15.1. The first-order valence-corrected chi connectivity index (χ1v) is 6.82. The molecule has 0 saturated carbocycles. The van der Waals surface area contributed by atoms with Crippen molar-refractivity contribution < 1.29 is 9.18 Å². The number of halogens is 2. The Hall–Kier alpha value is -1.75. The van der Waals surface area contributed by atoms with Crippen molar-refractivity contribution in [3.8, 4) is 5.69 Å². The van der Waals surface area contributed by atoms with Crippen LogP contribution in [0.3, 0.4) is 0 Å². The molecule has 0 bridgehead atoms. The van der Waals surface area contributed by atoms with E-state index in [4.69, 9.17) is 0 Å². The van der Waals surface area contributed by atoms with E-state index in [2.05, 4.69) is 15.9 Å². The molecule has 5 heteroatoms. The predicted molar refractivity (Wildman–Crippen MR) is 79.2 cm³/mol. The number of carbonyl (C=O) groups excluding carboxylic acids is 1. The van der Waals surface area contributed by atoms with Crippen molar-refractivity contribution >= 4 is 21.7 Å². The van der Waals surface area contributed by atoms with Gasteiger partial charge >= 0.3 is 0 Å². The smallest absolute Gasteiger partial charge is 0.266 e. The van der Waals surface area contributed by atoms with E-state index in [1.54, 1.807) is 13.8 Å². The summed E-state index contributed by atoms with van der Waals surface area (Å²) in [6.07, 6.45) is 0. The molecule has 1 aromatic carbocycles. The average Bonchev–Trinajstić information content (AvgIpc) is 2.38. The molecule has 104 valence electrons. The zero-order valence-electron chi connectivity index (χ0n) is 11.3. The van der Waals surface area contributed by atoms with Gasteiger partial charge in [0.25, 0.3) is 5.56 Å². The van der Waals surface area contributed by atoms with E-state index in [9.17, 15) is 14.0 Å². The van der Waals surface area contributed by atoms with Gasteiger partial charge in [0.1, 0.15) is 5.82 Å². The van der Waals surface area contributed by atoms with Crippen molar-refractivity contribution in [2.24, 2.45) is 0 Å². The molecule has 0 aliphatic carbocycles. The molecule has 0 spiro atoms. The van der Waals surface area contributed by atoms with Crippen LogP contribution < -0.4 is 5.56 Å². The molecule has 0 saturated heterocycles. The average molecular weight is 338 g/mol. The first kappa shape index (κ1) is 14.7. The Morgan fingerprint density at radius 2 is 1.75 bits per heavy atom. The third-order valence-corrected chi connectivity index (χ3v) is 4.38. The molecule has 20 heavy (non-hydrogen) atoms. The zero-order chi connectivity index (χ0) is 15.0. The summed E-state index contributed by atoms with van der Waals surface area (Å²) in [7, 11) is 0. The third-order valence-electron chi connectivity index (χ3n) is 3.21. The minimum absolute atomic E-state index is 0.145. The molecule has 2 aromatic rings. The monoisotopic (exact) mass is 337 g/mol. The molecule has 0 N–H and O–H groups in total. The maximum Gasteiger partial charge on any atom is 0.266 e. The highest BCUT2D eigenvalue weighted by Gasteiger charge is 2.19. The summed E-state index contributed by atoms with van der Waals surface area (Å²) in [4.78, 5) is 24.2. The highest BCUT2D eigenvalue weighted by atomic mass is 79.9. The van der Waals surface area contributed by atoms with E-state index < -0.39 is 0 Å². The summed E-state index contributed by atoms with van der Waals surface area (Å²) in [6.45, 7) is 4.86. The lowest BCUT2D eigenvalue weighted by molar-refractivity contribution is 0.101. The fraction of sp³-hybridized carbons (Fsp3) is 0.200. The number of ketones is 1. The van der Waals surface area contributed by atoms with Crippen LogP contribution in [0, 0.1) is 19.7 Å². The lowest BCUT2D eigenvalue weighted by Crippen LogP contribution is -2.28. The van der Waals surface area contributed by atoms with E-state index in [1.807, 2.05) is 0 Å². The van der Waals surface area contributed by atoms with Crippen LogP contribution in [0.4, 0.5) is 4.39 Å². The van der Waals surface area contributed by atoms with Gasteiger partial charge in [-0.3, -0.25) is 14.2 Å². The number of rotatable bonds is 2. The summed E-state index contributed by atoms with van der Waals surface area (Å²) in [5.41, 5.74) is 1.58. The SMILES string of the molecule is CC(=O)c1c(C)c(Br)c(C)n(-c2ccc(F)cc2)c1=O. The predicted octanol–water partition coefficient (Wildman–Crippen LogP) is 3.56. The van der Waals surface area contributed by atoms with Crippen LogP contribution in [-0.2, 0) is 0 Å². The van der Waals surface area contributed by atoms with Crippen LogP contribution in [0.15, 0.2) is 33.5 Å². The van der Waals surface area contributed by atoms with Crippen molar-refractivity contribution in [1.82, 2.24) is 4.57 Å². The molecule has 0 aliphatic rings. The molecule has 0 radical (unpaired) electrons. The Kier molecular flexibility index (Phi) is 3.90. The van der Waals surface area contributed by atoms with Gasteiger partial charge in [0.05, 0.1) is 5.56 Å². The number of pyridine rings is 1. The Morgan fingerprint density at radius 1 is 1.20 bits per heavy atom. The molecule has 0 atom stereocenters. The molecule has 1 heterocycles. The van der Waals surface area contributed by atoms with E-state index in [0.717, 1.165) is 0 Å². The number of nitrogens with zero attached hydrogens (tertiary/aromatic N) is 1. The number of carbonyl (C=O) groups is 1. The van der Waals surface area contributed by atoms with E-state index >= 15 is 0 Å². The van der Waals surface area contributed by atoms with Gasteiger partial charge in [0, 0.05) is 15.9 Å². The van der Waals surface area contributed by atoms with Crippen molar-refractivity contribution in [2.75, 3.05) is 0 Å². The fourth-order valence-electron chi connectivity index (χ4n) is 2.22. The Morgan fingerprint density at radius 3 is 2.25 bits per heavy atom. The second-order valence-electron chi connectivity index (χ2n) is 4.57. The number of benzene rings is 1. The van der Waals surface area contributed by atoms with Gasteiger partial charge < -0.3 is 0 Å². The van der Waals surface area contributed by atoms with Crippen LogP contribution in [0.2, 0.25) is 0 Å². The molecule has 3 nitrogen and oxygen atoms in total. The number of Topliss-reactive ketones (excluding diaryl/α,β-unsaturated/α-hetero) is 1. The molecular weight excluding hydrogens is 325 g/mol. The van der Waals surface area contributed by atoms with Gasteiger partial charge in [0.2, 0.25) is 0 Å². The molecule has 1 aromatic heterocycles. The zero-order valence-corrected chi connectivity index (χ0v) is 12.9. The Labute approximate surface area is 124 Å². The lowest BCUT2D eigenvalue weighted by Gasteiger charge is -2.16. The van der Waals surface area contributed by atoms with Crippen molar-refractivity contribution in [3.05, 3.63) is 61.7 Å². The Bertz CT molecular complexity index is 748. The van der Waals surface area contributed by atoms with Gasteiger partial charge in [0.15, 0.2) is 5.78 Å². The molecule has 2 rings (SSSR count). The van der Waals surface area contributed by atoms with Crippen molar-refractivity contribution in [3.63, 3.8) is 0 Å². The van der Waals surface area contributed by atoms with Gasteiger partial charge in [-0.15, -0.1) is 0 Å². The van der Waals surface area contributed by atoms with Crippen LogP contribution >= 0.6 is 15.9 Å². The van der Waals surface area contributed by atoms with E-state index in [-0.39, 0.29) is 22.7 Å². The van der Waals surface area contributed by atoms with E-state index in [0.29, 0.717) is 21.4 Å². The molecule has 0 amide bonds. The van der Waals surface area contributed by atoms with Crippen molar-refractivity contribution in [2.45, 2.75) is 20.8 Å². The van der Waals surface area contributed by atoms with Gasteiger partial charge in [-0.1, -0.05) is 0 Å². The third kappa shape index (κ3) is 2.33. The number of aromatic nitrogens is 1. The fourth-order valence-corrected chi connectivity index (χ4v) is 2.60. The molecular formula is C15H13BrFNO2. The maximum atomic E-state index is 13.0. The quantitative estimate of drug-likeness (QED) is 0.786. The first-order chi connectivity index (χ1) is 9.34. The molecule has 0 aliphatic heterocycles. The topological polar surface area (TPSA) is 39.1 Å². The van der Waals surface area contributed by atoms with Gasteiger partial charge in [-0.2, -0.15) is 0 Å². The van der Waals surface area contributed by atoms with Crippen molar-refractivity contribution in [1.29, 1.82) is 0 Å². The minimum Gasteiger partial charge on any atom is -0.294 e. The summed E-state index contributed by atoms with van der Waals surface area (Å²) in [5, 5.41) is 0. The minimum atomic E-state index is -0.387. The number of hydrogen-bond acceptors (Lipinski definition) is 2. The van der Waals surface area contributed by atoms with E-state index in [1.165, 1.54) is 35.8 Å². The second kappa shape index (κ2) is 5.32. The summed E-state index contributed by atoms with van der Waals surface area (Å²) >= 11 is 3.41. The maximum absolute atomic E-state index is 13.0. The summed E-state index contributed by atoms with van der Waals surface area (Å²) in [6, 6.07) is 5.58. The highest BCUT2D eigenvalue weighted by molar-refractivity contribution is 9.10. The molecule has 0 fully saturated rings. The lowest BCUT2D eigenvalue weighted by atomic mass is 10.1. The van der Waals surface area contributed by atoms with Crippen LogP contribution in [0.5, 0.6) is 0 Å². The van der Waals surface area contributed by atoms with Crippen LogP contribution in [0.1, 0.15) is 28.5 Å². The van der Waals surface area contributed by atoms with Gasteiger partial charge in [-0.05, 0) is 66.5 Å². The highest BCUT2D eigenvalue weighted by Crippen LogP contribution is 2.24. The second-order valence-corrected chi connectivity index (χ2v) is 5.37. The standard InChI is InChI=1S/C15H13BrFNO2/c1-8-13(10(3)19)15(20)18(9(2)14(8)16)12-6-4-11(17)5-7-12/h4-7H,1-3H3. The van der Waals surface area contributed by atoms with Gasteiger partial charge in [-0.25, -0.2) is 4.39 Å².